The Kier molecular flexibility index (Phi) is 5.88. The minimum absolute atomic E-state index is 0.0827. The van der Waals surface area contributed by atoms with Gasteiger partial charge in [0.05, 0.1) is 5.69 Å². The van der Waals surface area contributed by atoms with Crippen molar-refractivity contribution < 1.29 is 18.8 Å². The standard InChI is InChI=1S/C21H21ClFN3O3/c1-3-4-13-5-7-14(8-6-13)21(2)19(28)26(20(29)25-21)12-18(27)24-17-10-9-15(22)11-16(17)23/h5-11H,3-4,12H2,1-2H3,(H,24,27)(H,25,29)/t21-/m0/s1. The average molecular weight is 418 g/mol. The average Bonchev–Trinajstić information content (AvgIpc) is 2.89. The first-order valence-corrected chi connectivity index (χ1v) is 9.61. The van der Waals surface area contributed by atoms with Gasteiger partial charge in [-0.25, -0.2) is 9.18 Å². The number of carbonyl (C=O) groups is 3. The Bertz CT molecular complexity index is 964. The van der Waals surface area contributed by atoms with Crippen LogP contribution in [0.1, 0.15) is 31.4 Å². The third-order valence-electron chi connectivity index (χ3n) is 4.85. The number of hydrogen-bond acceptors (Lipinski definition) is 3. The molecular weight excluding hydrogens is 397 g/mol. The fourth-order valence-corrected chi connectivity index (χ4v) is 3.41. The second kappa shape index (κ2) is 8.21. The van der Waals surface area contributed by atoms with Crippen LogP contribution >= 0.6 is 11.6 Å². The predicted molar refractivity (Wildman–Crippen MR) is 108 cm³/mol. The van der Waals surface area contributed by atoms with Crippen molar-refractivity contribution in [3.8, 4) is 0 Å². The number of urea groups is 1. The Labute approximate surface area is 173 Å². The maximum absolute atomic E-state index is 13.9. The highest BCUT2D eigenvalue weighted by Crippen LogP contribution is 2.29. The molecule has 1 aliphatic heterocycles. The van der Waals surface area contributed by atoms with Gasteiger partial charge in [-0.15, -0.1) is 0 Å². The van der Waals surface area contributed by atoms with Crippen molar-refractivity contribution in [2.75, 3.05) is 11.9 Å². The van der Waals surface area contributed by atoms with Crippen LogP contribution in [0.4, 0.5) is 14.9 Å². The number of aryl methyl sites for hydroxylation is 1. The third-order valence-corrected chi connectivity index (χ3v) is 5.09. The first-order chi connectivity index (χ1) is 13.7. The number of nitrogens with one attached hydrogen (secondary N) is 2. The number of carbonyl (C=O) groups excluding carboxylic acids is 3. The molecule has 2 aromatic rings. The van der Waals surface area contributed by atoms with Crippen LogP contribution in [-0.4, -0.2) is 29.3 Å². The van der Waals surface area contributed by atoms with Gasteiger partial charge in [-0.2, -0.15) is 0 Å². The maximum atomic E-state index is 13.9. The van der Waals surface area contributed by atoms with E-state index in [0.717, 1.165) is 29.4 Å². The first kappa shape index (κ1) is 20.8. The monoisotopic (exact) mass is 417 g/mol. The molecule has 1 aliphatic rings. The summed E-state index contributed by atoms with van der Waals surface area (Å²) in [6.07, 6.45) is 1.92. The minimum Gasteiger partial charge on any atom is -0.322 e. The summed E-state index contributed by atoms with van der Waals surface area (Å²) in [7, 11) is 0. The zero-order chi connectivity index (χ0) is 21.2. The highest BCUT2D eigenvalue weighted by atomic mass is 35.5. The molecule has 3 rings (SSSR count). The Morgan fingerprint density at radius 1 is 1.21 bits per heavy atom. The molecule has 0 spiro atoms. The Morgan fingerprint density at radius 2 is 1.90 bits per heavy atom. The number of hydrogen-bond donors (Lipinski definition) is 2. The molecule has 0 unspecified atom stereocenters. The number of rotatable bonds is 6. The van der Waals surface area contributed by atoms with Crippen LogP contribution in [0.2, 0.25) is 5.02 Å². The number of imide groups is 1. The van der Waals surface area contributed by atoms with Gasteiger partial charge in [-0.3, -0.25) is 14.5 Å². The fraction of sp³-hybridized carbons (Fsp3) is 0.286. The van der Waals surface area contributed by atoms with Crippen LogP contribution in [0.5, 0.6) is 0 Å². The van der Waals surface area contributed by atoms with E-state index >= 15 is 0 Å². The van der Waals surface area contributed by atoms with E-state index in [9.17, 15) is 18.8 Å². The van der Waals surface area contributed by atoms with Gasteiger partial charge < -0.3 is 10.6 Å². The molecule has 1 atom stereocenters. The van der Waals surface area contributed by atoms with Crippen molar-refractivity contribution in [2.45, 2.75) is 32.2 Å². The minimum atomic E-state index is -1.27. The fourth-order valence-electron chi connectivity index (χ4n) is 3.25. The van der Waals surface area contributed by atoms with Gasteiger partial charge in [0.1, 0.15) is 17.9 Å². The van der Waals surface area contributed by atoms with Gasteiger partial charge in [-0.05, 0) is 42.7 Å². The Morgan fingerprint density at radius 3 is 2.52 bits per heavy atom. The van der Waals surface area contributed by atoms with Gasteiger partial charge in [0.25, 0.3) is 5.91 Å². The van der Waals surface area contributed by atoms with Crippen molar-refractivity contribution in [1.82, 2.24) is 10.2 Å². The summed E-state index contributed by atoms with van der Waals surface area (Å²) >= 11 is 5.69. The van der Waals surface area contributed by atoms with Crippen LogP contribution in [-0.2, 0) is 21.5 Å². The number of benzene rings is 2. The molecule has 0 aliphatic carbocycles. The number of amides is 4. The van der Waals surface area contributed by atoms with Crippen LogP contribution in [0.3, 0.4) is 0 Å². The lowest BCUT2D eigenvalue weighted by molar-refractivity contribution is -0.133. The normalized spacial score (nSPS) is 18.7. The predicted octanol–water partition coefficient (Wildman–Crippen LogP) is 3.84. The second-order valence-electron chi connectivity index (χ2n) is 7.07. The van der Waals surface area contributed by atoms with Gasteiger partial charge >= 0.3 is 6.03 Å². The summed E-state index contributed by atoms with van der Waals surface area (Å²) in [5.74, 6) is -1.95. The lowest BCUT2D eigenvalue weighted by Crippen LogP contribution is -2.42. The van der Waals surface area contributed by atoms with Crippen LogP contribution in [0, 0.1) is 5.82 Å². The highest BCUT2D eigenvalue weighted by molar-refractivity contribution is 6.30. The smallest absolute Gasteiger partial charge is 0.322 e. The van der Waals surface area contributed by atoms with E-state index in [1.54, 1.807) is 19.1 Å². The molecule has 0 radical (unpaired) electrons. The third kappa shape index (κ3) is 4.24. The van der Waals surface area contributed by atoms with E-state index in [1.807, 2.05) is 12.1 Å². The molecule has 152 valence electrons. The van der Waals surface area contributed by atoms with Gasteiger partial charge in [0.2, 0.25) is 5.91 Å². The summed E-state index contributed by atoms with van der Waals surface area (Å²) in [4.78, 5) is 38.4. The van der Waals surface area contributed by atoms with Gasteiger partial charge in [0.15, 0.2) is 0 Å². The van der Waals surface area contributed by atoms with E-state index in [0.29, 0.717) is 5.56 Å². The molecule has 0 aromatic heterocycles. The summed E-state index contributed by atoms with van der Waals surface area (Å²) in [5.41, 5.74) is 0.411. The molecule has 1 saturated heterocycles. The van der Waals surface area contributed by atoms with E-state index < -0.39 is 35.7 Å². The summed E-state index contributed by atoms with van der Waals surface area (Å²) in [5, 5.41) is 5.19. The molecule has 1 fully saturated rings. The van der Waals surface area contributed by atoms with E-state index in [2.05, 4.69) is 17.6 Å². The van der Waals surface area contributed by atoms with Gasteiger partial charge in [0, 0.05) is 5.02 Å². The number of halogens is 2. The molecule has 1 heterocycles. The van der Waals surface area contributed by atoms with Gasteiger partial charge in [-0.1, -0.05) is 49.2 Å². The lowest BCUT2D eigenvalue weighted by Gasteiger charge is -2.22. The highest BCUT2D eigenvalue weighted by Gasteiger charge is 2.49. The van der Waals surface area contributed by atoms with Crippen LogP contribution in [0.25, 0.3) is 0 Å². The Balaban J connectivity index is 1.73. The van der Waals surface area contributed by atoms with E-state index in [-0.39, 0.29) is 10.7 Å². The van der Waals surface area contributed by atoms with Crippen molar-refractivity contribution >= 4 is 35.1 Å². The summed E-state index contributed by atoms with van der Waals surface area (Å²) < 4.78 is 13.9. The zero-order valence-electron chi connectivity index (χ0n) is 16.1. The van der Waals surface area contributed by atoms with E-state index in [1.165, 1.54) is 12.1 Å². The maximum Gasteiger partial charge on any atom is 0.325 e. The number of anilines is 1. The molecular formula is C21H21ClFN3O3. The molecule has 4 amide bonds. The second-order valence-corrected chi connectivity index (χ2v) is 7.50. The summed E-state index contributed by atoms with van der Waals surface area (Å²) in [6, 6.07) is 10.6. The largest absolute Gasteiger partial charge is 0.325 e. The molecule has 0 saturated carbocycles. The summed E-state index contributed by atoms with van der Waals surface area (Å²) in [6.45, 7) is 3.14. The molecule has 29 heavy (non-hydrogen) atoms. The lowest BCUT2D eigenvalue weighted by atomic mass is 9.91. The topological polar surface area (TPSA) is 78.5 Å². The van der Waals surface area contributed by atoms with Crippen LogP contribution < -0.4 is 10.6 Å². The van der Waals surface area contributed by atoms with E-state index in [4.69, 9.17) is 11.6 Å². The molecule has 0 bridgehead atoms. The van der Waals surface area contributed by atoms with Crippen molar-refractivity contribution in [3.63, 3.8) is 0 Å². The van der Waals surface area contributed by atoms with Crippen molar-refractivity contribution in [2.24, 2.45) is 0 Å². The quantitative estimate of drug-likeness (QED) is 0.701. The van der Waals surface area contributed by atoms with Crippen LogP contribution in [0.15, 0.2) is 42.5 Å². The zero-order valence-corrected chi connectivity index (χ0v) is 16.8. The molecule has 6 nitrogen and oxygen atoms in total. The molecule has 8 heteroatoms. The SMILES string of the molecule is CCCc1ccc([C@]2(C)NC(=O)N(CC(=O)Nc3ccc(Cl)cc3F)C2=O)cc1. The molecule has 2 aromatic carbocycles. The Hall–Kier alpha value is -2.93. The van der Waals surface area contributed by atoms with Crippen molar-refractivity contribution in [3.05, 3.63) is 64.4 Å². The molecule has 2 N–H and O–H groups in total. The number of nitrogens with zero attached hydrogens (tertiary/aromatic N) is 1. The van der Waals surface area contributed by atoms with Crippen molar-refractivity contribution in [1.29, 1.82) is 0 Å². The first-order valence-electron chi connectivity index (χ1n) is 9.23.